The predicted molar refractivity (Wildman–Crippen MR) is 58.7 cm³/mol. The van der Waals surface area contributed by atoms with Gasteiger partial charge < -0.3 is 10.4 Å². The average Bonchev–Trinajstić information content (AvgIpc) is 3.09. The van der Waals surface area contributed by atoms with Crippen LogP contribution >= 0.6 is 0 Å². The first kappa shape index (κ1) is 13.6. The van der Waals surface area contributed by atoms with Crippen LogP contribution in [-0.2, 0) is 4.79 Å². The Bertz CT molecular complexity index is 328. The molecule has 104 valence electrons. The zero-order valence-electron chi connectivity index (χ0n) is 10.1. The van der Waals surface area contributed by atoms with Gasteiger partial charge in [-0.15, -0.1) is 0 Å². The number of amides is 1. The maximum absolute atomic E-state index is 12.6. The zero-order valence-corrected chi connectivity index (χ0v) is 10.1. The van der Waals surface area contributed by atoms with Crippen molar-refractivity contribution >= 4 is 5.91 Å². The highest BCUT2D eigenvalue weighted by Crippen LogP contribution is 2.41. The van der Waals surface area contributed by atoms with Crippen molar-refractivity contribution in [1.82, 2.24) is 5.32 Å². The van der Waals surface area contributed by atoms with Gasteiger partial charge in [0.1, 0.15) is 0 Å². The summed E-state index contributed by atoms with van der Waals surface area (Å²) in [5.74, 6) is -1.58. The first-order valence-corrected chi connectivity index (χ1v) is 6.37. The molecule has 2 rings (SSSR count). The van der Waals surface area contributed by atoms with Crippen LogP contribution in [0.2, 0.25) is 0 Å². The second kappa shape index (κ2) is 4.72. The summed E-state index contributed by atoms with van der Waals surface area (Å²) < 4.78 is 37.9. The van der Waals surface area contributed by atoms with E-state index in [1.54, 1.807) is 0 Å². The number of hydrogen-bond acceptors (Lipinski definition) is 2. The molecule has 2 N–H and O–H groups in total. The number of rotatable bonds is 3. The monoisotopic (exact) mass is 265 g/mol. The SMILES string of the molecule is O=C(NC[C@]1(O)CCC[C@H](C(F)(F)F)C1)C1CC1. The summed E-state index contributed by atoms with van der Waals surface area (Å²) in [4.78, 5) is 11.4. The number of hydrogen-bond donors (Lipinski definition) is 2. The quantitative estimate of drug-likeness (QED) is 0.820. The fraction of sp³-hybridized carbons (Fsp3) is 0.917. The van der Waals surface area contributed by atoms with Gasteiger partial charge in [0, 0.05) is 12.5 Å². The average molecular weight is 265 g/mol. The van der Waals surface area contributed by atoms with Gasteiger partial charge in [-0.05, 0) is 38.5 Å². The van der Waals surface area contributed by atoms with Crippen molar-refractivity contribution in [1.29, 1.82) is 0 Å². The maximum atomic E-state index is 12.6. The lowest BCUT2D eigenvalue weighted by atomic mass is 9.77. The number of carbonyl (C=O) groups excluding carboxylic acids is 1. The third-order valence-corrected chi connectivity index (χ3v) is 3.82. The van der Waals surface area contributed by atoms with Gasteiger partial charge in [-0.3, -0.25) is 4.79 Å². The number of halogens is 3. The van der Waals surface area contributed by atoms with Crippen molar-refractivity contribution in [2.24, 2.45) is 11.8 Å². The van der Waals surface area contributed by atoms with E-state index in [1.807, 2.05) is 0 Å². The summed E-state index contributed by atoms with van der Waals surface area (Å²) in [6.45, 7) is -0.0606. The number of alkyl halides is 3. The molecule has 1 amide bonds. The highest BCUT2D eigenvalue weighted by atomic mass is 19.4. The van der Waals surface area contributed by atoms with Gasteiger partial charge in [0.25, 0.3) is 0 Å². The molecule has 0 spiro atoms. The number of aliphatic hydroxyl groups is 1. The lowest BCUT2D eigenvalue weighted by Gasteiger charge is -2.37. The summed E-state index contributed by atoms with van der Waals surface area (Å²) in [5.41, 5.74) is -1.40. The first-order valence-electron chi connectivity index (χ1n) is 6.37. The van der Waals surface area contributed by atoms with E-state index in [-0.39, 0.29) is 31.2 Å². The molecule has 18 heavy (non-hydrogen) atoms. The fourth-order valence-corrected chi connectivity index (χ4v) is 2.52. The highest BCUT2D eigenvalue weighted by Gasteiger charge is 2.47. The van der Waals surface area contributed by atoms with Gasteiger partial charge >= 0.3 is 6.18 Å². The minimum absolute atomic E-state index is 0.00982. The van der Waals surface area contributed by atoms with Crippen LogP contribution in [0, 0.1) is 11.8 Å². The Morgan fingerprint density at radius 3 is 2.56 bits per heavy atom. The first-order chi connectivity index (χ1) is 8.30. The van der Waals surface area contributed by atoms with Gasteiger partial charge in [-0.1, -0.05) is 0 Å². The van der Waals surface area contributed by atoms with Crippen LogP contribution in [0.3, 0.4) is 0 Å². The molecule has 0 radical (unpaired) electrons. The molecule has 6 heteroatoms. The van der Waals surface area contributed by atoms with Crippen molar-refractivity contribution in [2.75, 3.05) is 6.54 Å². The predicted octanol–water partition coefficient (Wildman–Crippen LogP) is 2.00. The van der Waals surface area contributed by atoms with E-state index in [4.69, 9.17) is 0 Å². The van der Waals surface area contributed by atoms with E-state index >= 15 is 0 Å². The van der Waals surface area contributed by atoms with Crippen molar-refractivity contribution < 1.29 is 23.1 Å². The molecule has 2 aliphatic rings. The Morgan fingerprint density at radius 1 is 1.33 bits per heavy atom. The molecular formula is C12H18F3NO2. The van der Waals surface area contributed by atoms with Crippen molar-refractivity contribution in [2.45, 2.75) is 50.3 Å². The summed E-state index contributed by atoms with van der Waals surface area (Å²) >= 11 is 0. The Kier molecular flexibility index (Phi) is 3.58. The van der Waals surface area contributed by atoms with E-state index < -0.39 is 17.7 Å². The molecule has 2 saturated carbocycles. The van der Waals surface area contributed by atoms with E-state index in [9.17, 15) is 23.1 Å². The fourth-order valence-electron chi connectivity index (χ4n) is 2.52. The Hall–Kier alpha value is -0.780. The topological polar surface area (TPSA) is 49.3 Å². The van der Waals surface area contributed by atoms with Gasteiger partial charge in [0.2, 0.25) is 5.91 Å². The molecule has 2 fully saturated rings. The number of carbonyl (C=O) groups is 1. The smallest absolute Gasteiger partial charge is 0.388 e. The lowest BCUT2D eigenvalue weighted by molar-refractivity contribution is -0.199. The standard InChI is InChI=1S/C12H18F3NO2/c13-12(14,15)9-2-1-5-11(18,6-9)7-16-10(17)8-3-4-8/h8-9,18H,1-7H2,(H,16,17)/t9-,11-/m0/s1. The summed E-state index contributed by atoms with van der Waals surface area (Å²) in [7, 11) is 0. The highest BCUT2D eigenvalue weighted by molar-refractivity contribution is 5.80. The zero-order chi connectivity index (χ0) is 13.4. The van der Waals surface area contributed by atoms with Gasteiger partial charge in [-0.25, -0.2) is 0 Å². The lowest BCUT2D eigenvalue weighted by Crippen LogP contribution is -2.48. The van der Waals surface area contributed by atoms with Crippen LogP contribution in [0.25, 0.3) is 0 Å². The molecule has 2 aliphatic carbocycles. The van der Waals surface area contributed by atoms with Crippen molar-refractivity contribution in [3.63, 3.8) is 0 Å². The van der Waals surface area contributed by atoms with E-state index in [1.165, 1.54) is 0 Å². The van der Waals surface area contributed by atoms with Crippen LogP contribution in [0.5, 0.6) is 0 Å². The van der Waals surface area contributed by atoms with Crippen molar-refractivity contribution in [3.05, 3.63) is 0 Å². The normalized spacial score (nSPS) is 33.2. The molecule has 0 bridgehead atoms. The Balaban J connectivity index is 1.86. The second-order valence-corrected chi connectivity index (χ2v) is 5.55. The molecule has 0 saturated heterocycles. The second-order valence-electron chi connectivity index (χ2n) is 5.55. The van der Waals surface area contributed by atoms with Crippen molar-refractivity contribution in [3.8, 4) is 0 Å². The van der Waals surface area contributed by atoms with Crippen LogP contribution < -0.4 is 5.32 Å². The van der Waals surface area contributed by atoms with E-state index in [0.717, 1.165) is 12.8 Å². The molecule has 0 heterocycles. The van der Waals surface area contributed by atoms with Crippen LogP contribution in [0.1, 0.15) is 38.5 Å². The Morgan fingerprint density at radius 2 is 2.00 bits per heavy atom. The molecule has 0 aliphatic heterocycles. The van der Waals surface area contributed by atoms with Crippen LogP contribution in [0.15, 0.2) is 0 Å². The summed E-state index contributed by atoms with van der Waals surface area (Å²) in [6, 6.07) is 0. The van der Waals surface area contributed by atoms with Gasteiger partial charge in [-0.2, -0.15) is 13.2 Å². The summed E-state index contributed by atoms with van der Waals surface area (Å²) in [6.07, 6.45) is -2.13. The molecule has 2 atom stereocenters. The third-order valence-electron chi connectivity index (χ3n) is 3.82. The molecule has 0 aromatic heterocycles. The van der Waals surface area contributed by atoms with Gasteiger partial charge in [0.15, 0.2) is 0 Å². The number of nitrogens with one attached hydrogen (secondary N) is 1. The molecule has 0 aromatic carbocycles. The van der Waals surface area contributed by atoms with E-state index in [0.29, 0.717) is 12.8 Å². The largest absolute Gasteiger partial charge is 0.391 e. The van der Waals surface area contributed by atoms with Crippen LogP contribution in [0.4, 0.5) is 13.2 Å². The molecule has 0 unspecified atom stereocenters. The molecule has 3 nitrogen and oxygen atoms in total. The minimum atomic E-state index is -4.26. The van der Waals surface area contributed by atoms with E-state index in [2.05, 4.69) is 5.32 Å². The third kappa shape index (κ3) is 3.37. The minimum Gasteiger partial charge on any atom is -0.388 e. The van der Waals surface area contributed by atoms with Gasteiger partial charge in [0.05, 0.1) is 11.5 Å². The molecule has 0 aromatic rings. The Labute approximate surface area is 104 Å². The molecular weight excluding hydrogens is 247 g/mol. The maximum Gasteiger partial charge on any atom is 0.391 e. The van der Waals surface area contributed by atoms with Crippen LogP contribution in [-0.4, -0.2) is 29.3 Å². The summed E-state index contributed by atoms with van der Waals surface area (Å²) in [5, 5.41) is 12.7.